The fraction of sp³-hybridized carbons (Fsp3) is 0.538. The van der Waals surface area contributed by atoms with E-state index in [1.54, 1.807) is 0 Å². The van der Waals surface area contributed by atoms with Crippen LogP contribution in [0, 0.1) is 12.8 Å². The quantitative estimate of drug-likeness (QED) is 0.754. The summed E-state index contributed by atoms with van der Waals surface area (Å²) in [6.07, 6.45) is 3.09. The maximum atomic E-state index is 10.6. The van der Waals surface area contributed by atoms with E-state index >= 15 is 0 Å². The number of likely N-dealkylation sites (tertiary alicyclic amines) is 1. The number of piperidine rings is 1. The normalized spacial score (nSPS) is 23.0. The molecule has 1 fully saturated rings. The molecule has 0 bridgehead atoms. The molecule has 2 aromatic rings. The third kappa shape index (κ3) is 4.41. The number of ether oxygens (including phenoxy) is 1. The first-order valence-corrected chi connectivity index (χ1v) is 11.4. The lowest BCUT2D eigenvalue weighted by Crippen LogP contribution is -2.41. The summed E-state index contributed by atoms with van der Waals surface area (Å²) < 4.78 is 6.43. The summed E-state index contributed by atoms with van der Waals surface area (Å²) in [5.74, 6) is 1.53. The molecule has 2 heterocycles. The number of phenols is 1. The molecular formula is C26H36N2O2. The van der Waals surface area contributed by atoms with Crippen LogP contribution in [0.3, 0.4) is 0 Å². The van der Waals surface area contributed by atoms with Gasteiger partial charge in [0.1, 0.15) is 5.75 Å². The zero-order valence-corrected chi connectivity index (χ0v) is 18.6. The molecule has 0 spiro atoms. The monoisotopic (exact) mass is 408 g/mol. The van der Waals surface area contributed by atoms with E-state index in [0.29, 0.717) is 24.1 Å². The molecule has 0 radical (unpaired) electrons. The van der Waals surface area contributed by atoms with Crippen molar-refractivity contribution in [2.75, 3.05) is 19.6 Å². The third-order valence-electron chi connectivity index (χ3n) is 7.04. The molecule has 0 aliphatic carbocycles. The van der Waals surface area contributed by atoms with Gasteiger partial charge in [-0.3, -0.25) is 4.90 Å². The SMILES string of the molecule is Cc1ccc2c(c1O)C[C@@H](C1CCN(Cc3ccc(C(C)C)cc3)CC1)O[C@H]2CN. The first kappa shape index (κ1) is 21.4. The molecule has 4 nitrogen and oxygen atoms in total. The number of benzene rings is 2. The van der Waals surface area contributed by atoms with Crippen molar-refractivity contribution in [3.63, 3.8) is 0 Å². The number of rotatable bonds is 5. The minimum atomic E-state index is -0.109. The van der Waals surface area contributed by atoms with Crippen LogP contribution >= 0.6 is 0 Å². The summed E-state index contributed by atoms with van der Waals surface area (Å²) in [6.45, 7) is 10.1. The zero-order chi connectivity index (χ0) is 21.3. The number of nitrogens with zero attached hydrogens (tertiary/aromatic N) is 1. The van der Waals surface area contributed by atoms with Crippen LogP contribution in [0.15, 0.2) is 36.4 Å². The standard InChI is InChI=1S/C26H36N2O2/c1-17(2)20-7-5-19(6-8-20)16-28-12-10-21(11-13-28)24-14-23-22(25(15-27)30-24)9-4-18(3)26(23)29/h4-9,17,21,24-25,29H,10-16,27H2,1-3H3/t24-,25-/m0/s1. The first-order chi connectivity index (χ1) is 14.5. The molecule has 3 N–H and O–H groups in total. The van der Waals surface area contributed by atoms with E-state index in [0.717, 1.165) is 55.6 Å². The number of hydrogen-bond donors (Lipinski definition) is 2. The summed E-state index contributed by atoms with van der Waals surface area (Å²) in [7, 11) is 0. The average Bonchev–Trinajstić information content (AvgIpc) is 2.76. The van der Waals surface area contributed by atoms with Crippen LogP contribution < -0.4 is 5.73 Å². The van der Waals surface area contributed by atoms with Crippen molar-refractivity contribution < 1.29 is 9.84 Å². The van der Waals surface area contributed by atoms with E-state index in [9.17, 15) is 5.11 Å². The van der Waals surface area contributed by atoms with Gasteiger partial charge in [0.25, 0.3) is 0 Å². The van der Waals surface area contributed by atoms with Crippen LogP contribution in [0.4, 0.5) is 0 Å². The Balaban J connectivity index is 1.37. The van der Waals surface area contributed by atoms with Crippen LogP contribution in [0.2, 0.25) is 0 Å². The topological polar surface area (TPSA) is 58.7 Å². The molecule has 1 saturated heterocycles. The smallest absolute Gasteiger partial charge is 0.122 e. The van der Waals surface area contributed by atoms with Crippen molar-refractivity contribution in [1.29, 1.82) is 0 Å². The molecule has 4 heteroatoms. The maximum absolute atomic E-state index is 10.6. The lowest BCUT2D eigenvalue weighted by molar-refractivity contribution is -0.0651. The van der Waals surface area contributed by atoms with Crippen LogP contribution in [-0.4, -0.2) is 35.7 Å². The van der Waals surface area contributed by atoms with Crippen LogP contribution in [-0.2, 0) is 17.7 Å². The van der Waals surface area contributed by atoms with E-state index in [4.69, 9.17) is 10.5 Å². The van der Waals surface area contributed by atoms with E-state index in [1.165, 1.54) is 11.1 Å². The molecule has 162 valence electrons. The van der Waals surface area contributed by atoms with Gasteiger partial charge in [-0.25, -0.2) is 0 Å². The predicted octanol–water partition coefficient (Wildman–Crippen LogP) is 4.68. The van der Waals surface area contributed by atoms with E-state index in [2.05, 4.69) is 49.1 Å². The van der Waals surface area contributed by atoms with E-state index in [-0.39, 0.29) is 12.2 Å². The Kier molecular flexibility index (Phi) is 6.47. The van der Waals surface area contributed by atoms with Gasteiger partial charge in [0.2, 0.25) is 0 Å². The Hall–Kier alpha value is -1.88. The van der Waals surface area contributed by atoms with Gasteiger partial charge < -0.3 is 15.6 Å². The molecule has 2 aliphatic rings. The summed E-state index contributed by atoms with van der Waals surface area (Å²) in [5.41, 5.74) is 11.9. The second-order valence-electron chi connectivity index (χ2n) is 9.41. The minimum absolute atomic E-state index is 0.109. The zero-order valence-electron chi connectivity index (χ0n) is 18.6. The molecule has 0 aromatic heterocycles. The first-order valence-electron chi connectivity index (χ1n) is 11.4. The van der Waals surface area contributed by atoms with Gasteiger partial charge in [0.15, 0.2) is 0 Å². The highest BCUT2D eigenvalue weighted by Crippen LogP contribution is 2.40. The number of hydrogen-bond acceptors (Lipinski definition) is 4. The number of aromatic hydroxyl groups is 1. The highest BCUT2D eigenvalue weighted by atomic mass is 16.5. The van der Waals surface area contributed by atoms with Crippen LogP contribution in [0.25, 0.3) is 0 Å². The molecule has 2 atom stereocenters. The van der Waals surface area contributed by atoms with Crippen molar-refractivity contribution in [2.24, 2.45) is 11.7 Å². The minimum Gasteiger partial charge on any atom is -0.507 e. The van der Waals surface area contributed by atoms with Gasteiger partial charge in [-0.2, -0.15) is 0 Å². The second kappa shape index (κ2) is 9.09. The van der Waals surface area contributed by atoms with Gasteiger partial charge in [-0.15, -0.1) is 0 Å². The van der Waals surface area contributed by atoms with Crippen molar-refractivity contribution in [3.8, 4) is 5.75 Å². The molecule has 0 amide bonds. The fourth-order valence-electron chi connectivity index (χ4n) is 5.03. The Morgan fingerprint density at radius 3 is 2.43 bits per heavy atom. The molecule has 30 heavy (non-hydrogen) atoms. The lowest BCUT2D eigenvalue weighted by Gasteiger charge is -2.40. The average molecular weight is 409 g/mol. The van der Waals surface area contributed by atoms with Crippen molar-refractivity contribution >= 4 is 0 Å². The fourth-order valence-corrected chi connectivity index (χ4v) is 5.03. The Morgan fingerprint density at radius 2 is 1.80 bits per heavy atom. The summed E-state index contributed by atoms with van der Waals surface area (Å²) in [4.78, 5) is 2.56. The predicted molar refractivity (Wildman–Crippen MR) is 122 cm³/mol. The molecule has 2 aliphatic heterocycles. The Bertz CT molecular complexity index is 854. The van der Waals surface area contributed by atoms with Crippen molar-refractivity contribution in [3.05, 3.63) is 64.2 Å². The highest BCUT2D eigenvalue weighted by Gasteiger charge is 2.35. The molecule has 0 unspecified atom stereocenters. The second-order valence-corrected chi connectivity index (χ2v) is 9.41. The molecule has 2 aromatic carbocycles. The van der Waals surface area contributed by atoms with Gasteiger partial charge in [0, 0.05) is 25.1 Å². The highest BCUT2D eigenvalue weighted by molar-refractivity contribution is 5.47. The summed E-state index contributed by atoms with van der Waals surface area (Å²) in [6, 6.07) is 13.1. The van der Waals surface area contributed by atoms with Crippen LogP contribution in [0.5, 0.6) is 5.75 Å². The number of nitrogens with two attached hydrogens (primary N) is 1. The largest absolute Gasteiger partial charge is 0.507 e. The maximum Gasteiger partial charge on any atom is 0.122 e. The van der Waals surface area contributed by atoms with Gasteiger partial charge in [0.05, 0.1) is 12.2 Å². The van der Waals surface area contributed by atoms with E-state index in [1.807, 2.05) is 13.0 Å². The van der Waals surface area contributed by atoms with Gasteiger partial charge in [-0.05, 0) is 66.9 Å². The molecule has 4 rings (SSSR count). The van der Waals surface area contributed by atoms with Gasteiger partial charge >= 0.3 is 0 Å². The number of aryl methyl sites for hydroxylation is 1. The summed E-state index contributed by atoms with van der Waals surface area (Å²) >= 11 is 0. The molecule has 0 saturated carbocycles. The number of fused-ring (bicyclic) bond motifs is 1. The van der Waals surface area contributed by atoms with Crippen LogP contribution in [0.1, 0.15) is 66.5 Å². The van der Waals surface area contributed by atoms with E-state index < -0.39 is 0 Å². The molecular weight excluding hydrogens is 372 g/mol. The Morgan fingerprint density at radius 1 is 1.10 bits per heavy atom. The van der Waals surface area contributed by atoms with Gasteiger partial charge in [-0.1, -0.05) is 50.2 Å². The Labute approximate surface area is 181 Å². The van der Waals surface area contributed by atoms with Crippen molar-refractivity contribution in [1.82, 2.24) is 4.90 Å². The number of phenolic OH excluding ortho intramolecular Hbond substituents is 1. The lowest BCUT2D eigenvalue weighted by atomic mass is 9.83. The van der Waals surface area contributed by atoms with Crippen molar-refractivity contribution in [2.45, 2.75) is 64.7 Å². The third-order valence-corrected chi connectivity index (χ3v) is 7.04. The summed E-state index contributed by atoms with van der Waals surface area (Å²) in [5, 5.41) is 10.6.